The lowest BCUT2D eigenvalue weighted by Gasteiger charge is -2.32. The van der Waals surface area contributed by atoms with Crippen LogP contribution in [-0.4, -0.2) is 69.7 Å². The first-order valence-corrected chi connectivity index (χ1v) is 8.05. The molecule has 3 atom stereocenters. The van der Waals surface area contributed by atoms with Gasteiger partial charge < -0.3 is 23.8 Å². The van der Waals surface area contributed by atoms with Crippen LogP contribution in [0.3, 0.4) is 0 Å². The van der Waals surface area contributed by atoms with Crippen molar-refractivity contribution in [2.24, 2.45) is 5.92 Å². The van der Waals surface area contributed by atoms with Crippen LogP contribution in [-0.2, 0) is 28.5 Å². The molecule has 1 amide bonds. The zero-order valence-corrected chi connectivity index (χ0v) is 14.6. The van der Waals surface area contributed by atoms with Crippen LogP contribution in [0.15, 0.2) is 0 Å². The van der Waals surface area contributed by atoms with Gasteiger partial charge >= 0.3 is 0 Å². The molecule has 23 heavy (non-hydrogen) atoms. The molecule has 0 aromatic rings. The van der Waals surface area contributed by atoms with E-state index in [0.29, 0.717) is 19.6 Å². The van der Waals surface area contributed by atoms with E-state index in [1.54, 1.807) is 33.0 Å². The minimum Gasteiger partial charge on any atom is -0.359 e. The minimum absolute atomic E-state index is 0.0463. The summed E-state index contributed by atoms with van der Waals surface area (Å²) in [6.07, 6.45) is 2.00. The van der Waals surface area contributed by atoms with Crippen LogP contribution in [0, 0.1) is 5.92 Å². The third-order valence-electron chi connectivity index (χ3n) is 4.10. The average Bonchev–Trinajstić information content (AvgIpc) is 2.96. The molecule has 1 aliphatic heterocycles. The largest absolute Gasteiger partial charge is 0.359 e. The Labute approximate surface area is 138 Å². The summed E-state index contributed by atoms with van der Waals surface area (Å²) in [5.41, 5.74) is 0. The molecule has 0 aromatic carbocycles. The maximum Gasteiger partial charge on any atom is 0.233 e. The third kappa shape index (κ3) is 5.84. The number of Topliss-reactive ketones (excluding diaryl/α,β-unsaturated/α-hetero) is 1. The van der Waals surface area contributed by atoms with Crippen LogP contribution in [0.4, 0.5) is 0 Å². The number of carbonyl (C=O) groups is 2. The summed E-state index contributed by atoms with van der Waals surface area (Å²) >= 11 is 0. The Bertz CT molecular complexity index is 358. The number of amides is 1. The molecule has 7 nitrogen and oxygen atoms in total. The summed E-state index contributed by atoms with van der Waals surface area (Å²) < 4.78 is 20.6. The molecule has 0 aromatic heterocycles. The van der Waals surface area contributed by atoms with Crippen molar-refractivity contribution in [2.75, 3.05) is 41.0 Å². The Morgan fingerprint density at radius 3 is 1.91 bits per heavy atom. The third-order valence-corrected chi connectivity index (χ3v) is 4.10. The summed E-state index contributed by atoms with van der Waals surface area (Å²) in [6.45, 7) is 4.61. The van der Waals surface area contributed by atoms with Gasteiger partial charge in [0, 0.05) is 20.6 Å². The molecule has 0 aliphatic carbocycles. The SMILES string of the molecule is CCC(=O)[C@H](C)C(=O)N1[C@H](COCOC)CC[C@H]1COCOC. The summed E-state index contributed by atoms with van der Waals surface area (Å²) in [5.74, 6) is -0.825. The number of likely N-dealkylation sites (tertiary alicyclic amines) is 1. The quantitative estimate of drug-likeness (QED) is 0.322. The number of hydrogen-bond acceptors (Lipinski definition) is 6. The van der Waals surface area contributed by atoms with Crippen LogP contribution in [0.25, 0.3) is 0 Å². The Morgan fingerprint density at radius 2 is 1.52 bits per heavy atom. The fourth-order valence-electron chi connectivity index (χ4n) is 2.85. The van der Waals surface area contributed by atoms with Gasteiger partial charge in [0.05, 0.1) is 31.2 Å². The van der Waals surface area contributed by atoms with Gasteiger partial charge in [0.15, 0.2) is 0 Å². The Hall–Kier alpha value is -1.02. The lowest BCUT2D eigenvalue weighted by molar-refractivity contribution is -0.147. The maximum absolute atomic E-state index is 12.8. The first kappa shape index (κ1) is 20.0. The number of ether oxygens (including phenoxy) is 4. The second-order valence-electron chi connectivity index (χ2n) is 5.73. The van der Waals surface area contributed by atoms with Gasteiger partial charge in [0.1, 0.15) is 19.4 Å². The highest BCUT2D eigenvalue weighted by molar-refractivity contribution is 6.01. The van der Waals surface area contributed by atoms with Crippen molar-refractivity contribution in [2.45, 2.75) is 45.2 Å². The van der Waals surface area contributed by atoms with E-state index in [9.17, 15) is 9.59 Å². The van der Waals surface area contributed by atoms with Crippen LogP contribution in [0.2, 0.25) is 0 Å². The predicted octanol–water partition coefficient (Wildman–Crippen LogP) is 1.20. The fourth-order valence-corrected chi connectivity index (χ4v) is 2.85. The number of ketones is 1. The fraction of sp³-hybridized carbons (Fsp3) is 0.875. The van der Waals surface area contributed by atoms with Gasteiger partial charge in [-0.3, -0.25) is 9.59 Å². The zero-order valence-electron chi connectivity index (χ0n) is 14.6. The summed E-state index contributed by atoms with van der Waals surface area (Å²) in [4.78, 5) is 26.4. The van der Waals surface area contributed by atoms with Crippen molar-refractivity contribution in [1.29, 1.82) is 0 Å². The normalized spacial score (nSPS) is 22.3. The molecule has 0 bridgehead atoms. The first-order valence-electron chi connectivity index (χ1n) is 8.05. The number of carbonyl (C=O) groups excluding carboxylic acids is 2. The number of rotatable bonds is 11. The van der Waals surface area contributed by atoms with E-state index >= 15 is 0 Å². The van der Waals surface area contributed by atoms with E-state index in [4.69, 9.17) is 18.9 Å². The first-order chi connectivity index (χ1) is 11.1. The molecular formula is C16H29NO6. The highest BCUT2D eigenvalue weighted by atomic mass is 16.7. The highest BCUT2D eigenvalue weighted by Crippen LogP contribution is 2.27. The van der Waals surface area contributed by atoms with E-state index in [1.807, 2.05) is 0 Å². The van der Waals surface area contributed by atoms with E-state index in [1.165, 1.54) is 0 Å². The van der Waals surface area contributed by atoms with Crippen molar-refractivity contribution in [3.05, 3.63) is 0 Å². The van der Waals surface area contributed by atoms with Crippen LogP contribution < -0.4 is 0 Å². The maximum atomic E-state index is 12.8. The van der Waals surface area contributed by atoms with Gasteiger partial charge in [0.25, 0.3) is 0 Å². The number of nitrogens with zero attached hydrogens (tertiary/aromatic N) is 1. The van der Waals surface area contributed by atoms with E-state index in [-0.39, 0.29) is 37.4 Å². The molecule has 1 fully saturated rings. The van der Waals surface area contributed by atoms with Gasteiger partial charge in [-0.1, -0.05) is 6.92 Å². The molecule has 7 heteroatoms. The molecular weight excluding hydrogens is 302 g/mol. The Kier molecular flexibility index (Phi) is 9.31. The standard InChI is InChI=1S/C16H29NO6/c1-5-15(18)12(2)16(19)17-13(8-22-10-20-3)6-7-14(17)9-23-11-21-4/h12-14H,5-11H2,1-4H3/t12-,13-,14-/m0/s1. The Balaban J connectivity index is 2.74. The van der Waals surface area contributed by atoms with Crippen molar-refractivity contribution >= 4 is 11.7 Å². The van der Waals surface area contributed by atoms with Crippen LogP contribution >= 0.6 is 0 Å². The molecule has 1 saturated heterocycles. The summed E-state index contributed by atoms with van der Waals surface area (Å²) in [5, 5.41) is 0. The van der Waals surface area contributed by atoms with Gasteiger partial charge in [0.2, 0.25) is 5.91 Å². The second-order valence-corrected chi connectivity index (χ2v) is 5.73. The van der Waals surface area contributed by atoms with Crippen LogP contribution in [0.1, 0.15) is 33.1 Å². The summed E-state index contributed by atoms with van der Waals surface area (Å²) in [7, 11) is 3.11. The lowest BCUT2D eigenvalue weighted by atomic mass is 10.0. The van der Waals surface area contributed by atoms with Gasteiger partial charge in [-0.15, -0.1) is 0 Å². The second kappa shape index (κ2) is 10.7. The molecule has 0 saturated carbocycles. The molecule has 1 heterocycles. The van der Waals surface area contributed by atoms with Crippen molar-refractivity contribution in [1.82, 2.24) is 4.90 Å². The van der Waals surface area contributed by atoms with Gasteiger partial charge in [-0.2, -0.15) is 0 Å². The van der Waals surface area contributed by atoms with Gasteiger partial charge in [-0.25, -0.2) is 0 Å². The smallest absolute Gasteiger partial charge is 0.233 e. The zero-order chi connectivity index (χ0) is 17.2. The average molecular weight is 331 g/mol. The monoisotopic (exact) mass is 331 g/mol. The topological polar surface area (TPSA) is 74.3 Å². The predicted molar refractivity (Wildman–Crippen MR) is 83.8 cm³/mol. The van der Waals surface area contributed by atoms with Gasteiger partial charge in [-0.05, 0) is 19.8 Å². The van der Waals surface area contributed by atoms with Crippen molar-refractivity contribution in [3.8, 4) is 0 Å². The molecule has 0 radical (unpaired) electrons. The van der Waals surface area contributed by atoms with Crippen molar-refractivity contribution < 1.29 is 28.5 Å². The number of methoxy groups -OCH3 is 2. The van der Waals surface area contributed by atoms with E-state index in [2.05, 4.69) is 0 Å². The van der Waals surface area contributed by atoms with E-state index < -0.39 is 5.92 Å². The van der Waals surface area contributed by atoms with Crippen LogP contribution in [0.5, 0.6) is 0 Å². The lowest BCUT2D eigenvalue weighted by Crippen LogP contribution is -2.48. The Morgan fingerprint density at radius 1 is 1.04 bits per heavy atom. The number of hydrogen-bond donors (Lipinski definition) is 0. The molecule has 0 spiro atoms. The minimum atomic E-state index is -0.632. The molecule has 134 valence electrons. The molecule has 0 unspecified atom stereocenters. The van der Waals surface area contributed by atoms with Crippen molar-refractivity contribution in [3.63, 3.8) is 0 Å². The molecule has 0 N–H and O–H groups in total. The molecule has 1 aliphatic rings. The summed E-state index contributed by atoms with van der Waals surface area (Å²) in [6, 6.07) is -0.109. The molecule has 1 rings (SSSR count). The highest BCUT2D eigenvalue weighted by Gasteiger charge is 2.39. The van der Waals surface area contributed by atoms with E-state index in [0.717, 1.165) is 12.8 Å².